The average Bonchev–Trinajstić information content (AvgIpc) is 3.10. The molecule has 3 rings (SSSR count). The topological polar surface area (TPSA) is 38.1 Å². The number of benzene rings is 2. The Hall–Kier alpha value is -2.24. The smallest absolute Gasteiger partial charge is 0.233 e. The fraction of sp³-hybridized carbons (Fsp3) is 0.200. The van der Waals surface area contributed by atoms with Gasteiger partial charge in [0.1, 0.15) is 0 Å². The van der Waals surface area contributed by atoms with E-state index in [-0.39, 0.29) is 5.91 Å². The lowest BCUT2D eigenvalue weighted by atomic mass is 10.1. The predicted octanol–water partition coefficient (Wildman–Crippen LogP) is 4.58. The predicted molar refractivity (Wildman–Crippen MR) is 107 cm³/mol. The summed E-state index contributed by atoms with van der Waals surface area (Å²) < 4.78 is 1.94. The van der Waals surface area contributed by atoms with E-state index < -0.39 is 0 Å². The van der Waals surface area contributed by atoms with E-state index in [4.69, 9.17) is 11.6 Å². The van der Waals surface area contributed by atoms with E-state index >= 15 is 0 Å². The van der Waals surface area contributed by atoms with Crippen LogP contribution in [0.5, 0.6) is 0 Å². The molecule has 0 fully saturated rings. The highest BCUT2D eigenvalue weighted by Gasteiger charge is 2.13. The summed E-state index contributed by atoms with van der Waals surface area (Å²) in [6.07, 6.45) is 3.60. The zero-order chi connectivity index (χ0) is 18.5. The standard InChI is InChI=1S/C20H20ClN3OS/c1-15-6-3-4-7-16(15)13-23(2)19(25)14-26-20-22-10-11-24(20)18-9-5-8-17(21)12-18/h3-12H,13-14H2,1-2H3. The Labute approximate surface area is 162 Å². The number of rotatable bonds is 6. The molecule has 0 unspecified atom stereocenters. The Balaban J connectivity index is 1.63. The third kappa shape index (κ3) is 4.48. The molecule has 1 amide bonds. The van der Waals surface area contributed by atoms with Crippen LogP contribution in [0.3, 0.4) is 0 Å². The van der Waals surface area contributed by atoms with Crippen LogP contribution in [0, 0.1) is 6.92 Å². The Morgan fingerprint density at radius 3 is 2.81 bits per heavy atom. The van der Waals surface area contributed by atoms with Gasteiger partial charge in [0.15, 0.2) is 5.16 Å². The van der Waals surface area contributed by atoms with E-state index in [0.29, 0.717) is 17.3 Å². The molecule has 0 saturated carbocycles. The van der Waals surface area contributed by atoms with E-state index in [9.17, 15) is 4.79 Å². The minimum Gasteiger partial charge on any atom is -0.341 e. The molecule has 0 atom stereocenters. The molecular formula is C20H20ClN3OS. The second-order valence-electron chi connectivity index (χ2n) is 6.02. The maximum atomic E-state index is 12.5. The van der Waals surface area contributed by atoms with Crippen molar-refractivity contribution in [3.63, 3.8) is 0 Å². The van der Waals surface area contributed by atoms with Gasteiger partial charge in [-0.3, -0.25) is 9.36 Å². The molecule has 0 aliphatic carbocycles. The quantitative estimate of drug-likeness (QED) is 0.583. The molecular weight excluding hydrogens is 366 g/mol. The maximum Gasteiger partial charge on any atom is 0.233 e. The Morgan fingerprint density at radius 2 is 2.04 bits per heavy atom. The second kappa shape index (κ2) is 8.43. The monoisotopic (exact) mass is 385 g/mol. The molecule has 1 heterocycles. The van der Waals surface area contributed by atoms with Crippen LogP contribution < -0.4 is 0 Å². The van der Waals surface area contributed by atoms with Crippen molar-refractivity contribution in [3.8, 4) is 5.69 Å². The summed E-state index contributed by atoms with van der Waals surface area (Å²) in [6, 6.07) is 15.7. The lowest BCUT2D eigenvalue weighted by Gasteiger charge is -2.18. The lowest BCUT2D eigenvalue weighted by molar-refractivity contribution is -0.127. The third-order valence-electron chi connectivity index (χ3n) is 4.11. The Morgan fingerprint density at radius 1 is 1.23 bits per heavy atom. The number of hydrogen-bond donors (Lipinski definition) is 0. The number of aryl methyl sites for hydroxylation is 1. The number of halogens is 1. The first-order valence-corrected chi connectivity index (χ1v) is 9.61. The molecule has 0 spiro atoms. The van der Waals surface area contributed by atoms with E-state index in [0.717, 1.165) is 16.4 Å². The molecule has 0 aliphatic rings. The summed E-state index contributed by atoms with van der Waals surface area (Å²) in [5.41, 5.74) is 3.28. The van der Waals surface area contributed by atoms with Crippen LogP contribution in [0.4, 0.5) is 0 Å². The molecule has 0 N–H and O–H groups in total. The molecule has 6 heteroatoms. The van der Waals surface area contributed by atoms with E-state index in [1.165, 1.54) is 17.3 Å². The number of carbonyl (C=O) groups is 1. The number of amides is 1. The van der Waals surface area contributed by atoms with Gasteiger partial charge in [0.25, 0.3) is 0 Å². The van der Waals surface area contributed by atoms with Crippen LogP contribution in [0.15, 0.2) is 66.1 Å². The Bertz CT molecular complexity index is 909. The molecule has 0 saturated heterocycles. The zero-order valence-electron chi connectivity index (χ0n) is 14.7. The molecule has 0 radical (unpaired) electrons. The molecule has 2 aromatic carbocycles. The van der Waals surface area contributed by atoms with Gasteiger partial charge in [0, 0.05) is 36.7 Å². The van der Waals surface area contributed by atoms with Gasteiger partial charge in [-0.15, -0.1) is 0 Å². The van der Waals surface area contributed by atoms with Crippen molar-refractivity contribution in [2.24, 2.45) is 0 Å². The highest BCUT2D eigenvalue weighted by atomic mass is 35.5. The largest absolute Gasteiger partial charge is 0.341 e. The summed E-state index contributed by atoms with van der Waals surface area (Å²) in [5, 5.41) is 1.44. The number of carbonyl (C=O) groups excluding carboxylic acids is 1. The first-order chi connectivity index (χ1) is 12.5. The van der Waals surface area contributed by atoms with Crippen molar-refractivity contribution in [2.75, 3.05) is 12.8 Å². The number of nitrogens with zero attached hydrogens (tertiary/aromatic N) is 3. The minimum atomic E-state index is 0.0684. The van der Waals surface area contributed by atoms with Gasteiger partial charge in [-0.1, -0.05) is 53.7 Å². The van der Waals surface area contributed by atoms with Crippen molar-refractivity contribution in [1.82, 2.24) is 14.5 Å². The summed E-state index contributed by atoms with van der Waals surface area (Å²) in [7, 11) is 1.83. The first kappa shape index (κ1) is 18.5. The molecule has 0 aliphatic heterocycles. The van der Waals surface area contributed by atoms with Crippen molar-refractivity contribution < 1.29 is 4.79 Å². The summed E-state index contributed by atoms with van der Waals surface area (Å²) in [6.45, 7) is 2.67. The maximum absolute atomic E-state index is 12.5. The minimum absolute atomic E-state index is 0.0684. The molecule has 26 heavy (non-hydrogen) atoms. The van der Waals surface area contributed by atoms with Crippen LogP contribution >= 0.6 is 23.4 Å². The first-order valence-electron chi connectivity index (χ1n) is 8.25. The third-order valence-corrected chi connectivity index (χ3v) is 5.30. The van der Waals surface area contributed by atoms with Gasteiger partial charge < -0.3 is 4.90 Å². The normalized spacial score (nSPS) is 10.7. The molecule has 4 nitrogen and oxygen atoms in total. The van der Waals surface area contributed by atoms with Gasteiger partial charge >= 0.3 is 0 Å². The highest BCUT2D eigenvalue weighted by molar-refractivity contribution is 7.99. The molecule has 3 aromatic rings. The number of aromatic nitrogens is 2. The van der Waals surface area contributed by atoms with Crippen LogP contribution in [0.1, 0.15) is 11.1 Å². The second-order valence-corrected chi connectivity index (χ2v) is 7.40. The molecule has 1 aromatic heterocycles. The van der Waals surface area contributed by atoms with E-state index in [2.05, 4.69) is 24.0 Å². The van der Waals surface area contributed by atoms with Crippen molar-refractivity contribution >= 4 is 29.3 Å². The van der Waals surface area contributed by atoms with Gasteiger partial charge in [0.05, 0.1) is 5.75 Å². The fourth-order valence-corrected chi connectivity index (χ4v) is 3.68. The van der Waals surface area contributed by atoms with Gasteiger partial charge in [-0.25, -0.2) is 4.98 Å². The van der Waals surface area contributed by atoms with Crippen LogP contribution in [-0.4, -0.2) is 33.2 Å². The van der Waals surface area contributed by atoms with Gasteiger partial charge in [0.2, 0.25) is 5.91 Å². The summed E-state index contributed by atoms with van der Waals surface area (Å²) in [4.78, 5) is 18.6. The van der Waals surface area contributed by atoms with E-state index in [1.54, 1.807) is 11.1 Å². The van der Waals surface area contributed by atoms with Crippen LogP contribution in [-0.2, 0) is 11.3 Å². The molecule has 134 valence electrons. The summed E-state index contributed by atoms with van der Waals surface area (Å²) >= 11 is 7.49. The zero-order valence-corrected chi connectivity index (χ0v) is 16.3. The summed E-state index contributed by atoms with van der Waals surface area (Å²) in [5.74, 6) is 0.402. The SMILES string of the molecule is Cc1ccccc1CN(C)C(=O)CSc1nccn1-c1cccc(Cl)c1. The van der Waals surface area contributed by atoms with Crippen LogP contribution in [0.2, 0.25) is 5.02 Å². The number of thioether (sulfide) groups is 1. The van der Waals surface area contributed by atoms with Gasteiger partial charge in [-0.2, -0.15) is 0 Å². The van der Waals surface area contributed by atoms with Gasteiger partial charge in [-0.05, 0) is 36.2 Å². The number of hydrogen-bond acceptors (Lipinski definition) is 3. The van der Waals surface area contributed by atoms with Crippen molar-refractivity contribution in [1.29, 1.82) is 0 Å². The number of imidazole rings is 1. The molecule has 0 bridgehead atoms. The highest BCUT2D eigenvalue weighted by Crippen LogP contribution is 2.23. The van der Waals surface area contributed by atoms with Crippen molar-refractivity contribution in [3.05, 3.63) is 77.1 Å². The van der Waals surface area contributed by atoms with E-state index in [1.807, 2.05) is 54.2 Å². The van der Waals surface area contributed by atoms with Crippen molar-refractivity contribution in [2.45, 2.75) is 18.6 Å². The van der Waals surface area contributed by atoms with Crippen LogP contribution in [0.25, 0.3) is 5.69 Å². The average molecular weight is 386 g/mol. The fourth-order valence-electron chi connectivity index (χ4n) is 2.59. The lowest BCUT2D eigenvalue weighted by Crippen LogP contribution is -2.28. The Kier molecular flexibility index (Phi) is 6.01.